The number of nitrogens with zero attached hydrogens (tertiary/aromatic N) is 1. The molecule has 0 aliphatic heterocycles. The zero-order chi connectivity index (χ0) is 13.3. The number of ether oxygens (including phenoxy) is 1. The molecule has 1 aromatic rings. The van der Waals surface area contributed by atoms with Crippen LogP contribution in [-0.2, 0) is 9.53 Å². The van der Waals surface area contributed by atoms with Crippen LogP contribution < -0.4 is 0 Å². The van der Waals surface area contributed by atoms with Crippen molar-refractivity contribution in [1.82, 2.24) is 0 Å². The molecule has 0 aromatic heterocycles. The topological polar surface area (TPSA) is 69.4 Å². The summed E-state index contributed by atoms with van der Waals surface area (Å²) >= 11 is 3.30. The van der Waals surface area contributed by atoms with Crippen LogP contribution in [0.4, 0.5) is 0 Å². The van der Waals surface area contributed by atoms with E-state index in [9.17, 15) is 14.9 Å². The van der Waals surface area contributed by atoms with E-state index >= 15 is 0 Å². The Bertz CT molecular complexity index is 487. The number of carbonyl (C=O) groups is 1. The molecule has 2 rings (SSSR count). The second-order valence-electron chi connectivity index (χ2n) is 4.21. The van der Waals surface area contributed by atoms with E-state index in [1.807, 2.05) is 12.1 Å². The van der Waals surface area contributed by atoms with Gasteiger partial charge in [0, 0.05) is 15.8 Å². The maximum absolute atomic E-state index is 11.7. The Morgan fingerprint density at radius 2 is 2.17 bits per heavy atom. The van der Waals surface area contributed by atoms with Crippen molar-refractivity contribution < 1.29 is 14.5 Å². The summed E-state index contributed by atoms with van der Waals surface area (Å²) in [6, 6.07) is 7.20. The molecule has 0 heterocycles. The number of nitro groups is 1. The van der Waals surface area contributed by atoms with Gasteiger partial charge in [0.05, 0.1) is 12.5 Å². The molecule has 0 N–H and O–H groups in total. The van der Waals surface area contributed by atoms with Crippen LogP contribution in [0.15, 0.2) is 28.7 Å². The van der Waals surface area contributed by atoms with Gasteiger partial charge in [-0.05, 0) is 24.6 Å². The van der Waals surface area contributed by atoms with Crippen LogP contribution >= 0.6 is 15.9 Å². The van der Waals surface area contributed by atoms with E-state index in [1.54, 1.807) is 19.1 Å². The van der Waals surface area contributed by atoms with Crippen LogP contribution in [0.1, 0.15) is 24.8 Å². The van der Waals surface area contributed by atoms with E-state index in [4.69, 9.17) is 4.74 Å². The van der Waals surface area contributed by atoms with Gasteiger partial charge in [-0.3, -0.25) is 10.1 Å². The van der Waals surface area contributed by atoms with Gasteiger partial charge < -0.3 is 4.74 Å². The predicted octanol–water partition coefficient (Wildman–Crippen LogP) is 2.52. The molecule has 6 heteroatoms. The summed E-state index contributed by atoms with van der Waals surface area (Å²) < 4.78 is 5.71. The fraction of sp³-hybridized carbons (Fsp3) is 0.417. The normalized spacial score (nSPS) is 25.6. The van der Waals surface area contributed by atoms with Gasteiger partial charge in [-0.1, -0.05) is 28.1 Å². The maximum Gasteiger partial charge on any atom is 0.385 e. The van der Waals surface area contributed by atoms with Crippen LogP contribution in [-0.4, -0.2) is 23.0 Å². The minimum atomic E-state index is -1.58. The van der Waals surface area contributed by atoms with Gasteiger partial charge >= 0.3 is 11.5 Å². The van der Waals surface area contributed by atoms with Crippen molar-refractivity contribution >= 4 is 21.9 Å². The monoisotopic (exact) mass is 313 g/mol. The molecule has 0 radical (unpaired) electrons. The highest BCUT2D eigenvalue weighted by Gasteiger charge is 2.73. The summed E-state index contributed by atoms with van der Waals surface area (Å²) in [7, 11) is 0. The molecule has 5 nitrogen and oxygen atoms in total. The summed E-state index contributed by atoms with van der Waals surface area (Å²) in [5.74, 6) is -1.12. The first-order chi connectivity index (χ1) is 8.52. The van der Waals surface area contributed by atoms with Gasteiger partial charge in [-0.2, -0.15) is 0 Å². The van der Waals surface area contributed by atoms with E-state index < -0.39 is 16.4 Å². The molecule has 1 saturated carbocycles. The Morgan fingerprint density at radius 1 is 1.56 bits per heavy atom. The Morgan fingerprint density at radius 3 is 2.67 bits per heavy atom. The van der Waals surface area contributed by atoms with Crippen LogP contribution in [0.3, 0.4) is 0 Å². The van der Waals surface area contributed by atoms with Crippen LogP contribution in [0.2, 0.25) is 0 Å². The van der Waals surface area contributed by atoms with Crippen molar-refractivity contribution in [2.75, 3.05) is 6.61 Å². The van der Waals surface area contributed by atoms with E-state index in [0.29, 0.717) is 0 Å². The number of hydrogen-bond acceptors (Lipinski definition) is 4. The van der Waals surface area contributed by atoms with E-state index in [-0.39, 0.29) is 18.9 Å². The lowest BCUT2D eigenvalue weighted by molar-refractivity contribution is -0.527. The van der Waals surface area contributed by atoms with Crippen molar-refractivity contribution in [3.63, 3.8) is 0 Å². The molecule has 1 fully saturated rings. The molecule has 18 heavy (non-hydrogen) atoms. The summed E-state index contributed by atoms with van der Waals surface area (Å²) in [5, 5.41) is 11.1. The maximum atomic E-state index is 11.7. The van der Waals surface area contributed by atoms with E-state index in [1.165, 1.54) is 0 Å². The van der Waals surface area contributed by atoms with Crippen molar-refractivity contribution in [3.05, 3.63) is 44.4 Å². The Balaban J connectivity index is 2.25. The van der Waals surface area contributed by atoms with Gasteiger partial charge in [0.2, 0.25) is 0 Å². The second-order valence-corrected chi connectivity index (χ2v) is 5.13. The zero-order valence-corrected chi connectivity index (χ0v) is 11.3. The molecule has 96 valence electrons. The fourth-order valence-corrected chi connectivity index (χ4v) is 2.36. The zero-order valence-electron chi connectivity index (χ0n) is 9.76. The molecule has 0 spiro atoms. The number of esters is 1. The van der Waals surface area contributed by atoms with E-state index in [2.05, 4.69) is 15.9 Å². The molecular weight excluding hydrogens is 302 g/mol. The lowest BCUT2D eigenvalue weighted by atomic mass is 10.1. The largest absolute Gasteiger partial charge is 0.461 e. The molecular formula is C12H12BrNO4. The van der Waals surface area contributed by atoms with Gasteiger partial charge in [0.25, 0.3) is 0 Å². The Kier molecular flexibility index (Phi) is 3.38. The van der Waals surface area contributed by atoms with Crippen LogP contribution in [0.5, 0.6) is 0 Å². The van der Waals surface area contributed by atoms with E-state index in [0.717, 1.165) is 10.0 Å². The molecule has 1 aliphatic carbocycles. The first-order valence-electron chi connectivity index (χ1n) is 5.59. The lowest BCUT2D eigenvalue weighted by Crippen LogP contribution is -2.35. The minimum absolute atomic E-state index is 0.154. The molecule has 1 aliphatic rings. The van der Waals surface area contributed by atoms with Crippen LogP contribution in [0.25, 0.3) is 0 Å². The second kappa shape index (κ2) is 4.68. The summed E-state index contributed by atoms with van der Waals surface area (Å²) in [5.41, 5.74) is -0.785. The molecule has 1 aromatic carbocycles. The molecule has 0 saturated heterocycles. The van der Waals surface area contributed by atoms with Crippen molar-refractivity contribution in [2.45, 2.75) is 24.8 Å². The van der Waals surface area contributed by atoms with Gasteiger partial charge in [-0.25, -0.2) is 4.79 Å². The number of carbonyl (C=O) groups excluding carboxylic acids is 1. The minimum Gasteiger partial charge on any atom is -0.461 e. The number of benzene rings is 1. The number of rotatable bonds is 4. The number of halogens is 1. The highest BCUT2D eigenvalue weighted by Crippen LogP contribution is 2.54. The quantitative estimate of drug-likeness (QED) is 0.486. The Hall–Kier alpha value is -1.43. The van der Waals surface area contributed by atoms with Gasteiger partial charge in [-0.15, -0.1) is 0 Å². The van der Waals surface area contributed by atoms with Gasteiger partial charge in [0.15, 0.2) is 0 Å². The first kappa shape index (κ1) is 13.0. The highest BCUT2D eigenvalue weighted by molar-refractivity contribution is 9.10. The Labute approximate surface area is 112 Å². The summed E-state index contributed by atoms with van der Waals surface area (Å²) in [6.07, 6.45) is 0.209. The van der Waals surface area contributed by atoms with Crippen molar-refractivity contribution in [2.24, 2.45) is 0 Å². The fourth-order valence-electron chi connectivity index (χ4n) is 2.10. The lowest BCUT2D eigenvalue weighted by Gasteiger charge is -2.08. The predicted molar refractivity (Wildman–Crippen MR) is 67.9 cm³/mol. The third kappa shape index (κ3) is 2.01. The summed E-state index contributed by atoms with van der Waals surface area (Å²) in [4.78, 5) is 22.4. The average Bonchev–Trinajstić information content (AvgIpc) is 3.07. The van der Waals surface area contributed by atoms with Crippen molar-refractivity contribution in [1.29, 1.82) is 0 Å². The smallest absolute Gasteiger partial charge is 0.385 e. The standard InChI is InChI=1S/C12H12BrNO4/c1-2-18-11(15)12(14(16)17)7-10(12)8-3-5-9(13)6-4-8/h3-6,10H,2,7H2,1H3. The molecule has 0 bridgehead atoms. The van der Waals surface area contributed by atoms with Crippen molar-refractivity contribution in [3.8, 4) is 0 Å². The van der Waals surface area contributed by atoms with Gasteiger partial charge in [0.1, 0.15) is 0 Å². The highest BCUT2D eigenvalue weighted by atomic mass is 79.9. The molecule has 2 unspecified atom stereocenters. The summed E-state index contributed by atoms with van der Waals surface area (Å²) in [6.45, 7) is 1.80. The first-order valence-corrected chi connectivity index (χ1v) is 6.39. The third-order valence-corrected chi connectivity index (χ3v) is 3.69. The number of hydrogen-bond donors (Lipinski definition) is 0. The molecule has 0 amide bonds. The van der Waals surface area contributed by atoms with Crippen LogP contribution in [0, 0.1) is 10.1 Å². The molecule has 2 atom stereocenters. The average molecular weight is 314 g/mol. The SMILES string of the molecule is CCOC(=O)C1([N+](=O)[O-])CC1c1ccc(Br)cc1. The third-order valence-electron chi connectivity index (χ3n) is 3.16.